The van der Waals surface area contributed by atoms with Gasteiger partial charge in [-0.25, -0.2) is 9.59 Å². The molecule has 0 spiro atoms. The number of carbonyl (C=O) groups excluding carboxylic acids is 2. The van der Waals surface area contributed by atoms with Crippen molar-refractivity contribution in [2.24, 2.45) is 0 Å². The fraction of sp³-hybridized carbons (Fsp3) is 0.217. The Hall–Kier alpha value is -3.79. The van der Waals surface area contributed by atoms with Crippen LogP contribution in [-0.4, -0.2) is 52.8 Å². The predicted molar refractivity (Wildman–Crippen MR) is 124 cm³/mol. The molecule has 33 heavy (non-hydrogen) atoms. The first-order valence-electron chi connectivity index (χ1n) is 10.3. The molecule has 0 aliphatic carbocycles. The van der Waals surface area contributed by atoms with Crippen LogP contribution >= 0.6 is 11.8 Å². The largest absolute Gasteiger partial charge is 0.497 e. The molecular formula is C23H23N5O4S. The van der Waals surface area contributed by atoms with Crippen LogP contribution < -0.4 is 15.4 Å². The number of rotatable bonds is 8. The lowest BCUT2D eigenvalue weighted by atomic mass is 10.2. The van der Waals surface area contributed by atoms with Crippen molar-refractivity contribution in [1.29, 1.82) is 0 Å². The van der Waals surface area contributed by atoms with Crippen LogP contribution in [0.5, 0.6) is 5.75 Å². The Morgan fingerprint density at radius 3 is 2.58 bits per heavy atom. The zero-order chi connectivity index (χ0) is 23.2. The van der Waals surface area contributed by atoms with Gasteiger partial charge in [0, 0.05) is 22.7 Å². The van der Waals surface area contributed by atoms with Gasteiger partial charge < -0.3 is 20.1 Å². The van der Waals surface area contributed by atoms with Crippen molar-refractivity contribution in [2.45, 2.75) is 12.1 Å². The molecule has 0 radical (unpaired) electrons. The SMILES string of the molecule is CCOC(=O)C1=C(CSc2nnc(-c3ccc(OC)cc3)n2-c2ccccc2)NC(=O)NC1. The normalized spacial score (nSPS) is 13.3. The molecule has 0 unspecified atom stereocenters. The third kappa shape index (κ3) is 5.01. The Morgan fingerprint density at radius 1 is 1.12 bits per heavy atom. The number of urea groups is 1. The highest BCUT2D eigenvalue weighted by Crippen LogP contribution is 2.30. The molecule has 2 aromatic carbocycles. The van der Waals surface area contributed by atoms with Gasteiger partial charge in [0.25, 0.3) is 0 Å². The van der Waals surface area contributed by atoms with E-state index in [0.717, 1.165) is 17.0 Å². The molecule has 2 heterocycles. The number of methoxy groups -OCH3 is 1. The average molecular weight is 466 g/mol. The predicted octanol–water partition coefficient (Wildman–Crippen LogP) is 3.17. The molecule has 4 rings (SSSR count). The molecule has 0 saturated carbocycles. The number of benzene rings is 2. The van der Waals surface area contributed by atoms with Crippen LogP contribution in [0.1, 0.15) is 6.92 Å². The molecule has 10 heteroatoms. The van der Waals surface area contributed by atoms with Gasteiger partial charge in [0.05, 0.1) is 25.8 Å². The standard InChI is InChI=1S/C23H23N5O4S/c1-3-32-21(29)18-13-24-22(30)25-19(18)14-33-23-27-26-20(15-9-11-17(31-2)12-10-15)28(23)16-7-5-4-6-8-16/h4-12H,3,13-14H2,1-2H3,(H2,24,25,30). The molecule has 2 amide bonds. The number of amides is 2. The summed E-state index contributed by atoms with van der Waals surface area (Å²) in [4.78, 5) is 24.2. The molecule has 1 aromatic heterocycles. The topological polar surface area (TPSA) is 107 Å². The molecule has 0 bridgehead atoms. The minimum absolute atomic E-state index is 0.114. The van der Waals surface area contributed by atoms with Crippen LogP contribution in [0.25, 0.3) is 17.1 Å². The van der Waals surface area contributed by atoms with Crippen LogP contribution in [0.3, 0.4) is 0 Å². The second kappa shape index (κ2) is 10.2. The number of aromatic nitrogens is 3. The first-order valence-corrected chi connectivity index (χ1v) is 11.3. The lowest BCUT2D eigenvalue weighted by Crippen LogP contribution is -2.44. The van der Waals surface area contributed by atoms with Crippen molar-refractivity contribution >= 4 is 23.8 Å². The van der Waals surface area contributed by atoms with Gasteiger partial charge in [-0.3, -0.25) is 4.57 Å². The summed E-state index contributed by atoms with van der Waals surface area (Å²) in [7, 11) is 1.62. The maximum atomic E-state index is 12.3. The minimum Gasteiger partial charge on any atom is -0.497 e. The molecule has 0 fully saturated rings. The van der Waals surface area contributed by atoms with Crippen molar-refractivity contribution in [3.63, 3.8) is 0 Å². The van der Waals surface area contributed by atoms with Crippen LogP contribution in [0.2, 0.25) is 0 Å². The molecule has 0 atom stereocenters. The molecule has 9 nitrogen and oxygen atoms in total. The quantitative estimate of drug-likeness (QED) is 0.389. The second-order valence-corrected chi connectivity index (χ2v) is 7.92. The first kappa shape index (κ1) is 22.4. The van der Waals surface area contributed by atoms with Gasteiger partial charge >= 0.3 is 12.0 Å². The number of para-hydroxylation sites is 1. The van der Waals surface area contributed by atoms with E-state index < -0.39 is 5.97 Å². The van der Waals surface area contributed by atoms with Gasteiger partial charge in [-0.1, -0.05) is 30.0 Å². The lowest BCUT2D eigenvalue weighted by molar-refractivity contribution is -0.138. The van der Waals surface area contributed by atoms with Gasteiger partial charge in [0.1, 0.15) is 5.75 Å². The summed E-state index contributed by atoms with van der Waals surface area (Å²) in [5, 5.41) is 14.8. The van der Waals surface area contributed by atoms with E-state index in [1.807, 2.05) is 59.2 Å². The number of nitrogens with one attached hydrogen (secondary N) is 2. The monoisotopic (exact) mass is 465 g/mol. The highest BCUT2D eigenvalue weighted by atomic mass is 32.2. The van der Waals surface area contributed by atoms with E-state index in [2.05, 4.69) is 20.8 Å². The molecule has 2 N–H and O–H groups in total. The Morgan fingerprint density at radius 2 is 1.88 bits per heavy atom. The maximum absolute atomic E-state index is 12.3. The number of nitrogens with zero attached hydrogens (tertiary/aromatic N) is 3. The highest BCUT2D eigenvalue weighted by Gasteiger charge is 2.25. The van der Waals surface area contributed by atoms with Gasteiger partial charge in [-0.15, -0.1) is 10.2 Å². The maximum Gasteiger partial charge on any atom is 0.337 e. The van der Waals surface area contributed by atoms with E-state index in [9.17, 15) is 9.59 Å². The molecule has 3 aromatic rings. The summed E-state index contributed by atoms with van der Waals surface area (Å²) >= 11 is 1.37. The van der Waals surface area contributed by atoms with Crippen molar-refractivity contribution in [3.05, 3.63) is 65.9 Å². The van der Waals surface area contributed by atoms with Gasteiger partial charge in [0.2, 0.25) is 0 Å². The summed E-state index contributed by atoms with van der Waals surface area (Å²) in [5.41, 5.74) is 2.66. The van der Waals surface area contributed by atoms with E-state index in [4.69, 9.17) is 9.47 Å². The fourth-order valence-electron chi connectivity index (χ4n) is 3.31. The van der Waals surface area contributed by atoms with E-state index in [1.165, 1.54) is 11.8 Å². The number of thioether (sulfide) groups is 1. The summed E-state index contributed by atoms with van der Waals surface area (Å²) in [6.07, 6.45) is 0. The average Bonchev–Trinajstić information content (AvgIpc) is 3.27. The minimum atomic E-state index is -0.455. The Kier molecular flexibility index (Phi) is 6.94. The number of hydrogen-bond donors (Lipinski definition) is 2. The molecular weight excluding hydrogens is 442 g/mol. The molecule has 170 valence electrons. The van der Waals surface area contributed by atoms with Crippen LogP contribution in [-0.2, 0) is 9.53 Å². The Labute approximate surface area is 195 Å². The van der Waals surface area contributed by atoms with E-state index >= 15 is 0 Å². The summed E-state index contributed by atoms with van der Waals surface area (Å²) in [5.74, 6) is 1.28. The Balaban J connectivity index is 1.68. The lowest BCUT2D eigenvalue weighted by Gasteiger charge is -2.21. The zero-order valence-electron chi connectivity index (χ0n) is 18.2. The third-order valence-corrected chi connectivity index (χ3v) is 5.87. The molecule has 0 saturated heterocycles. The van der Waals surface area contributed by atoms with Crippen LogP contribution in [0, 0.1) is 0 Å². The smallest absolute Gasteiger partial charge is 0.337 e. The van der Waals surface area contributed by atoms with Gasteiger partial charge in [0.15, 0.2) is 11.0 Å². The molecule has 1 aliphatic rings. The highest BCUT2D eigenvalue weighted by molar-refractivity contribution is 7.99. The summed E-state index contributed by atoms with van der Waals surface area (Å²) in [6.45, 7) is 2.11. The van der Waals surface area contributed by atoms with Crippen molar-refractivity contribution < 1.29 is 19.1 Å². The van der Waals surface area contributed by atoms with Gasteiger partial charge in [-0.2, -0.15) is 0 Å². The number of esters is 1. The van der Waals surface area contributed by atoms with E-state index in [-0.39, 0.29) is 19.2 Å². The van der Waals surface area contributed by atoms with E-state index in [0.29, 0.717) is 28.0 Å². The zero-order valence-corrected chi connectivity index (χ0v) is 19.0. The number of hydrogen-bond acceptors (Lipinski definition) is 7. The first-order chi connectivity index (χ1) is 16.1. The van der Waals surface area contributed by atoms with Crippen molar-refractivity contribution in [2.75, 3.05) is 26.0 Å². The van der Waals surface area contributed by atoms with Crippen LogP contribution in [0.15, 0.2) is 71.0 Å². The third-order valence-electron chi connectivity index (χ3n) is 4.92. The van der Waals surface area contributed by atoms with Crippen LogP contribution in [0.4, 0.5) is 4.79 Å². The summed E-state index contributed by atoms with van der Waals surface area (Å²) in [6, 6.07) is 17.0. The number of carbonyl (C=O) groups is 2. The molecule has 1 aliphatic heterocycles. The van der Waals surface area contributed by atoms with Gasteiger partial charge in [-0.05, 0) is 43.3 Å². The number of ether oxygens (including phenoxy) is 2. The van der Waals surface area contributed by atoms with E-state index in [1.54, 1.807) is 14.0 Å². The second-order valence-electron chi connectivity index (χ2n) is 6.98. The van der Waals surface area contributed by atoms with Crippen molar-refractivity contribution in [3.8, 4) is 22.8 Å². The Bertz CT molecular complexity index is 1180. The summed E-state index contributed by atoms with van der Waals surface area (Å²) < 4.78 is 12.3. The fourth-order valence-corrected chi connectivity index (χ4v) is 4.25. The van der Waals surface area contributed by atoms with Crippen molar-refractivity contribution in [1.82, 2.24) is 25.4 Å².